The van der Waals surface area contributed by atoms with Crippen LogP contribution in [0, 0.1) is 18.6 Å². The number of benzene rings is 3. The molecule has 0 aliphatic rings. The highest BCUT2D eigenvalue weighted by Crippen LogP contribution is 2.39. The van der Waals surface area contributed by atoms with Crippen LogP contribution in [-0.4, -0.2) is 18.4 Å². The van der Waals surface area contributed by atoms with Crippen molar-refractivity contribution in [1.29, 1.82) is 0 Å². The minimum Gasteiger partial charge on any atom is -0.456 e. The van der Waals surface area contributed by atoms with Crippen molar-refractivity contribution in [3.05, 3.63) is 124 Å². The normalized spacial score (nSPS) is 13.6. The van der Waals surface area contributed by atoms with Crippen LogP contribution in [-0.2, 0) is 18.1 Å². The maximum absolute atomic E-state index is 14.9. The van der Waals surface area contributed by atoms with Gasteiger partial charge in [0.05, 0.1) is 11.1 Å². The van der Waals surface area contributed by atoms with Gasteiger partial charge in [-0.05, 0) is 53.9 Å². The molecule has 0 spiro atoms. The molecule has 0 aliphatic heterocycles. The summed E-state index contributed by atoms with van der Waals surface area (Å²) < 4.78 is 132. The van der Waals surface area contributed by atoms with Crippen LogP contribution in [0.25, 0.3) is 0 Å². The van der Waals surface area contributed by atoms with E-state index in [0.717, 1.165) is 42.5 Å². The van der Waals surface area contributed by atoms with Crippen LogP contribution in [0.15, 0.2) is 83.3 Å². The Morgan fingerprint density at radius 2 is 1.50 bits per heavy atom. The average molecular weight is 601 g/mol. The van der Waals surface area contributed by atoms with Crippen molar-refractivity contribution in [3.63, 3.8) is 0 Å². The molecule has 13 heteroatoms. The number of alkyl halides is 7. The van der Waals surface area contributed by atoms with Gasteiger partial charge in [-0.25, -0.2) is 8.78 Å². The Kier molecular flexibility index (Phi) is 8.33. The third kappa shape index (κ3) is 6.55. The number of ether oxygens (including phenoxy) is 1. The smallest absolute Gasteiger partial charge is 0.456 e. The van der Waals surface area contributed by atoms with Crippen LogP contribution >= 0.6 is 0 Å². The molecule has 3 aromatic carbocycles. The van der Waals surface area contributed by atoms with E-state index >= 15 is 0 Å². The van der Waals surface area contributed by atoms with Crippen molar-refractivity contribution in [3.8, 4) is 5.75 Å². The summed E-state index contributed by atoms with van der Waals surface area (Å²) in [5, 5.41) is 2.43. The van der Waals surface area contributed by atoms with Crippen molar-refractivity contribution in [2.45, 2.75) is 37.6 Å². The third-order valence-corrected chi connectivity index (χ3v) is 6.21. The van der Waals surface area contributed by atoms with E-state index in [2.05, 4.69) is 10.1 Å². The molecule has 1 amide bonds. The van der Waals surface area contributed by atoms with Gasteiger partial charge in [-0.3, -0.25) is 4.79 Å². The summed E-state index contributed by atoms with van der Waals surface area (Å²) in [4.78, 5) is 13.5. The zero-order valence-corrected chi connectivity index (χ0v) is 21.4. The number of nitrogens with one attached hydrogen (secondary N) is 1. The van der Waals surface area contributed by atoms with Crippen molar-refractivity contribution >= 4 is 5.91 Å². The highest BCUT2D eigenvalue weighted by atomic mass is 19.4. The molecule has 0 radical (unpaired) electrons. The van der Waals surface area contributed by atoms with E-state index < -0.39 is 58.9 Å². The van der Waals surface area contributed by atoms with Crippen molar-refractivity contribution in [1.82, 2.24) is 5.32 Å². The molecule has 0 saturated carbocycles. The Balaban J connectivity index is 1.97. The van der Waals surface area contributed by atoms with Gasteiger partial charge in [0, 0.05) is 12.5 Å². The second kappa shape index (κ2) is 11.5. The topological polar surface area (TPSA) is 51.5 Å². The first-order valence-electron chi connectivity index (χ1n) is 12.1. The highest BCUT2D eigenvalue weighted by molar-refractivity contribution is 5.96. The summed E-state index contributed by atoms with van der Waals surface area (Å²) in [6.45, 7) is 1.17. The molecule has 0 unspecified atom stereocenters. The maximum atomic E-state index is 14.9. The molecular formula is C29H20F9NO3. The Morgan fingerprint density at radius 3 is 2.10 bits per heavy atom. The monoisotopic (exact) mass is 601 g/mol. The zero-order valence-electron chi connectivity index (χ0n) is 21.4. The van der Waals surface area contributed by atoms with Gasteiger partial charge in [0.1, 0.15) is 23.1 Å². The summed E-state index contributed by atoms with van der Waals surface area (Å²) in [7, 11) is 0. The van der Waals surface area contributed by atoms with Gasteiger partial charge >= 0.3 is 18.7 Å². The van der Waals surface area contributed by atoms with Crippen LogP contribution in [0.2, 0.25) is 0 Å². The lowest BCUT2D eigenvalue weighted by Gasteiger charge is -2.37. The molecule has 222 valence electrons. The van der Waals surface area contributed by atoms with E-state index in [-0.39, 0.29) is 23.3 Å². The van der Waals surface area contributed by atoms with Gasteiger partial charge in [-0.15, -0.1) is 0 Å². The van der Waals surface area contributed by atoms with E-state index in [1.807, 2.05) is 0 Å². The van der Waals surface area contributed by atoms with E-state index in [9.17, 15) is 44.3 Å². The molecule has 1 heterocycles. The molecule has 1 N–H and O–H groups in total. The predicted octanol–water partition coefficient (Wildman–Crippen LogP) is 8.04. The van der Waals surface area contributed by atoms with Crippen LogP contribution in [0.4, 0.5) is 39.5 Å². The van der Waals surface area contributed by atoms with Gasteiger partial charge in [-0.2, -0.15) is 30.7 Å². The Hall–Kier alpha value is -4.42. The summed E-state index contributed by atoms with van der Waals surface area (Å²) in [6, 6.07) is 14.8. The van der Waals surface area contributed by atoms with Crippen LogP contribution in [0.1, 0.15) is 38.6 Å². The summed E-state index contributed by atoms with van der Waals surface area (Å²) >= 11 is 0. The molecule has 42 heavy (non-hydrogen) atoms. The predicted molar refractivity (Wildman–Crippen MR) is 131 cm³/mol. The molecule has 4 nitrogen and oxygen atoms in total. The fourth-order valence-corrected chi connectivity index (χ4v) is 4.42. The lowest BCUT2D eigenvalue weighted by molar-refractivity contribution is -0.253. The standard InChI is InChI=1S/C29H20F9NO3/c1-16-11-23(24(41-16)28(34,35)36)25(40)39-27(15-17-5-3-2-4-6-17,18-7-9-20(30)10-8-18)19-12-21(31)14-22(13-19)42-29(37,38)26(32)33/h2-14,26H,15H2,1H3,(H,39,40)/t27-/m1/s1. The lowest BCUT2D eigenvalue weighted by Crippen LogP contribution is -2.49. The first-order chi connectivity index (χ1) is 19.6. The average Bonchev–Trinajstić information content (AvgIpc) is 3.31. The first-order valence-corrected chi connectivity index (χ1v) is 12.1. The molecular weight excluding hydrogens is 581 g/mol. The number of carbonyl (C=O) groups excluding carboxylic acids is 1. The first kappa shape index (κ1) is 30.5. The van der Waals surface area contributed by atoms with Gasteiger partial charge in [0.2, 0.25) is 5.76 Å². The molecule has 0 bridgehead atoms. The Morgan fingerprint density at radius 1 is 0.857 bits per heavy atom. The molecule has 0 saturated heterocycles. The Bertz CT molecular complexity index is 1550. The van der Waals surface area contributed by atoms with Crippen LogP contribution in [0.5, 0.6) is 5.75 Å². The fraction of sp³-hybridized carbons (Fsp3) is 0.207. The quantitative estimate of drug-likeness (QED) is 0.198. The van der Waals surface area contributed by atoms with Crippen molar-refractivity contribution in [2.24, 2.45) is 0 Å². The number of hydrogen-bond donors (Lipinski definition) is 1. The molecule has 1 aromatic heterocycles. The number of rotatable bonds is 9. The van der Waals surface area contributed by atoms with Crippen LogP contribution < -0.4 is 10.1 Å². The number of carbonyl (C=O) groups is 1. The van der Waals surface area contributed by atoms with E-state index in [4.69, 9.17) is 4.42 Å². The number of halogens is 9. The highest BCUT2D eigenvalue weighted by Gasteiger charge is 2.46. The molecule has 1 atom stereocenters. The maximum Gasteiger partial charge on any atom is 0.461 e. The fourth-order valence-electron chi connectivity index (χ4n) is 4.42. The number of amides is 1. The van der Waals surface area contributed by atoms with E-state index in [1.54, 1.807) is 30.3 Å². The number of hydrogen-bond acceptors (Lipinski definition) is 3. The Labute approximate surface area is 232 Å². The number of aryl methyl sites for hydroxylation is 1. The summed E-state index contributed by atoms with van der Waals surface area (Å²) in [5.74, 6) is -6.35. The van der Waals surface area contributed by atoms with Crippen molar-refractivity contribution in [2.75, 3.05) is 0 Å². The zero-order chi connectivity index (χ0) is 30.9. The van der Waals surface area contributed by atoms with Crippen LogP contribution in [0.3, 0.4) is 0 Å². The van der Waals surface area contributed by atoms with Gasteiger partial charge in [-0.1, -0.05) is 42.5 Å². The lowest BCUT2D eigenvalue weighted by atomic mass is 9.77. The van der Waals surface area contributed by atoms with Crippen molar-refractivity contribution < 1.29 is 53.5 Å². The summed E-state index contributed by atoms with van der Waals surface area (Å²) in [6.07, 6.45) is -14.8. The SMILES string of the molecule is Cc1cc(C(=O)N[C@](Cc2ccccc2)(c2ccc(F)cc2)c2cc(F)cc(OC(F)(F)C(F)F)c2)c(C(F)(F)F)o1. The minimum absolute atomic E-state index is 0.0213. The van der Waals surface area contributed by atoms with Gasteiger partial charge in [0.25, 0.3) is 5.91 Å². The number of furan rings is 1. The largest absolute Gasteiger partial charge is 0.461 e. The second-order valence-electron chi connectivity index (χ2n) is 9.27. The molecule has 4 aromatic rings. The molecule has 0 aliphatic carbocycles. The van der Waals surface area contributed by atoms with Gasteiger partial charge in [0.15, 0.2) is 0 Å². The third-order valence-electron chi connectivity index (χ3n) is 6.21. The van der Waals surface area contributed by atoms with Gasteiger partial charge < -0.3 is 14.5 Å². The molecule has 4 rings (SSSR count). The molecule has 0 fully saturated rings. The van der Waals surface area contributed by atoms with E-state index in [1.165, 1.54) is 6.92 Å². The minimum atomic E-state index is -5.10. The summed E-state index contributed by atoms with van der Waals surface area (Å²) in [5.41, 5.74) is -3.05. The second-order valence-corrected chi connectivity index (χ2v) is 9.27. The van der Waals surface area contributed by atoms with E-state index in [0.29, 0.717) is 11.6 Å².